The van der Waals surface area contributed by atoms with Crippen LogP contribution in [0, 0.1) is 0 Å². The first-order valence-corrected chi connectivity index (χ1v) is 7.79. The second-order valence-corrected chi connectivity index (χ2v) is 5.87. The maximum Gasteiger partial charge on any atom is 0.360 e. The Kier molecular flexibility index (Phi) is 4.15. The van der Waals surface area contributed by atoms with Crippen LogP contribution >= 0.6 is 0 Å². The topological polar surface area (TPSA) is 84.7 Å². The maximum absolute atomic E-state index is 12.3. The summed E-state index contributed by atoms with van der Waals surface area (Å²) < 4.78 is 6.13. The molecule has 0 amide bonds. The maximum atomic E-state index is 12.3. The number of ether oxygens (including phenoxy) is 1. The molecule has 0 radical (unpaired) electrons. The third-order valence-electron chi connectivity index (χ3n) is 4.54. The molecule has 1 atom stereocenters. The Hall–Kier alpha value is -1.89. The van der Waals surface area contributed by atoms with Crippen molar-refractivity contribution in [3.63, 3.8) is 0 Å². The normalized spacial score (nSPS) is 22.1. The lowest BCUT2D eigenvalue weighted by atomic mass is 10.0. The zero-order valence-electron chi connectivity index (χ0n) is 12.7. The van der Waals surface area contributed by atoms with Gasteiger partial charge in [-0.15, -0.1) is 0 Å². The highest BCUT2D eigenvalue weighted by molar-refractivity contribution is 5.89. The average molecular weight is 307 g/mol. The van der Waals surface area contributed by atoms with E-state index in [1.807, 2.05) is 0 Å². The van der Waals surface area contributed by atoms with Crippen LogP contribution in [0.1, 0.15) is 54.5 Å². The molecular formula is C15H21N3O4. The van der Waals surface area contributed by atoms with E-state index in [0.29, 0.717) is 12.4 Å². The van der Waals surface area contributed by atoms with E-state index in [-0.39, 0.29) is 11.7 Å². The van der Waals surface area contributed by atoms with Gasteiger partial charge in [0.05, 0.1) is 13.2 Å². The minimum atomic E-state index is -0.777. The van der Waals surface area contributed by atoms with Crippen molar-refractivity contribution in [1.82, 2.24) is 14.5 Å². The van der Waals surface area contributed by atoms with Crippen LogP contribution in [0.15, 0.2) is 4.79 Å². The second-order valence-electron chi connectivity index (χ2n) is 5.87. The monoisotopic (exact) mass is 307 g/mol. The molecule has 0 saturated carbocycles. The van der Waals surface area contributed by atoms with Crippen molar-refractivity contribution >= 4 is 5.97 Å². The zero-order chi connectivity index (χ0) is 15.7. The molecule has 1 fully saturated rings. The summed E-state index contributed by atoms with van der Waals surface area (Å²) in [5.74, 6) is -0.813. The van der Waals surface area contributed by atoms with Gasteiger partial charge >= 0.3 is 5.97 Å². The van der Waals surface area contributed by atoms with Crippen molar-refractivity contribution in [3.8, 4) is 5.75 Å². The molecular weight excluding hydrogens is 286 g/mol. The van der Waals surface area contributed by atoms with Crippen molar-refractivity contribution in [1.29, 1.82) is 0 Å². The molecule has 2 aliphatic heterocycles. The summed E-state index contributed by atoms with van der Waals surface area (Å²) in [6, 6.07) is 0.0331. The summed E-state index contributed by atoms with van der Waals surface area (Å²) in [5, 5.41) is 9.94. The van der Waals surface area contributed by atoms with E-state index < -0.39 is 17.3 Å². The van der Waals surface area contributed by atoms with Crippen LogP contribution in [0.2, 0.25) is 0 Å². The number of carbonyl (C=O) groups excluding carboxylic acids is 1. The van der Waals surface area contributed by atoms with E-state index in [1.165, 1.54) is 18.1 Å². The van der Waals surface area contributed by atoms with Crippen molar-refractivity contribution in [2.24, 2.45) is 0 Å². The fraction of sp³-hybridized carbons (Fsp3) is 0.667. The highest BCUT2D eigenvalue weighted by Gasteiger charge is 2.32. The fourth-order valence-corrected chi connectivity index (χ4v) is 3.42. The van der Waals surface area contributed by atoms with Crippen molar-refractivity contribution in [2.45, 2.75) is 44.7 Å². The number of rotatable bonds is 2. The van der Waals surface area contributed by atoms with Crippen LogP contribution in [-0.4, -0.2) is 45.7 Å². The number of hydrogen-bond acceptors (Lipinski definition) is 6. The van der Waals surface area contributed by atoms with Crippen LogP contribution in [-0.2, 0) is 11.3 Å². The quantitative estimate of drug-likeness (QED) is 0.822. The molecule has 1 unspecified atom stereocenters. The number of esters is 1. The summed E-state index contributed by atoms with van der Waals surface area (Å²) in [7, 11) is 1.21. The molecule has 0 aliphatic carbocycles. The average Bonchev–Trinajstić information content (AvgIpc) is 2.57. The van der Waals surface area contributed by atoms with Gasteiger partial charge in [-0.3, -0.25) is 14.3 Å². The van der Waals surface area contributed by atoms with Gasteiger partial charge in [0.1, 0.15) is 5.82 Å². The van der Waals surface area contributed by atoms with Gasteiger partial charge in [-0.05, 0) is 38.8 Å². The van der Waals surface area contributed by atoms with E-state index in [2.05, 4.69) is 14.6 Å². The third-order valence-corrected chi connectivity index (χ3v) is 4.54. The molecule has 1 aromatic rings. The second kappa shape index (κ2) is 6.08. The molecule has 7 nitrogen and oxygen atoms in total. The molecule has 120 valence electrons. The largest absolute Gasteiger partial charge is 0.501 e. The van der Waals surface area contributed by atoms with Gasteiger partial charge in [0.2, 0.25) is 5.75 Å². The zero-order valence-corrected chi connectivity index (χ0v) is 12.7. The first-order chi connectivity index (χ1) is 10.6. The number of hydrogen-bond donors (Lipinski definition) is 1. The lowest BCUT2D eigenvalue weighted by Gasteiger charge is -2.37. The summed E-state index contributed by atoms with van der Waals surface area (Å²) >= 11 is 0. The summed E-state index contributed by atoms with van der Waals surface area (Å²) in [6.45, 7) is 2.49. The van der Waals surface area contributed by atoms with Crippen molar-refractivity contribution in [3.05, 3.63) is 21.9 Å². The summed E-state index contributed by atoms with van der Waals surface area (Å²) in [6.07, 6.45) is 5.29. The Balaban J connectivity index is 2.06. The van der Waals surface area contributed by atoms with Crippen molar-refractivity contribution < 1.29 is 14.6 Å². The molecule has 22 heavy (non-hydrogen) atoms. The highest BCUT2D eigenvalue weighted by Crippen LogP contribution is 2.31. The minimum absolute atomic E-state index is 0.0331. The molecule has 3 heterocycles. The fourth-order valence-electron chi connectivity index (χ4n) is 3.42. The number of fused-ring (bicyclic) bond motifs is 1. The van der Waals surface area contributed by atoms with Crippen LogP contribution in [0.3, 0.4) is 0 Å². The smallest absolute Gasteiger partial charge is 0.360 e. The number of likely N-dealkylation sites (tertiary alicyclic amines) is 1. The molecule has 0 bridgehead atoms. The molecule has 3 rings (SSSR count). The van der Waals surface area contributed by atoms with Gasteiger partial charge in [-0.2, -0.15) is 0 Å². The summed E-state index contributed by atoms with van der Waals surface area (Å²) in [4.78, 5) is 30.7. The van der Waals surface area contributed by atoms with E-state index in [1.54, 1.807) is 0 Å². The van der Waals surface area contributed by atoms with E-state index in [9.17, 15) is 14.7 Å². The Morgan fingerprint density at radius 2 is 1.95 bits per heavy atom. The Labute approximate surface area is 128 Å². The number of nitrogens with zero attached hydrogens (tertiary/aromatic N) is 3. The number of carbonyl (C=O) groups is 1. The number of aromatic nitrogens is 2. The van der Waals surface area contributed by atoms with Crippen molar-refractivity contribution in [2.75, 3.05) is 20.2 Å². The van der Waals surface area contributed by atoms with Gasteiger partial charge in [0, 0.05) is 6.54 Å². The predicted octanol–water partition coefficient (Wildman–Crippen LogP) is 1.06. The van der Waals surface area contributed by atoms with Gasteiger partial charge in [0.25, 0.3) is 5.56 Å². The Morgan fingerprint density at radius 1 is 1.23 bits per heavy atom. The van der Waals surface area contributed by atoms with E-state index in [0.717, 1.165) is 38.8 Å². The molecule has 0 spiro atoms. The standard InChI is InChI=1S/C15H21N3O4/c1-22-15(21)11-12(19)14(20)18-9-5-6-10(13(18)16-11)17-7-3-2-4-8-17/h10,19H,2-9H2,1H3. The highest BCUT2D eigenvalue weighted by atomic mass is 16.5. The number of aromatic hydroxyl groups is 1. The first kappa shape index (κ1) is 15.0. The summed E-state index contributed by atoms with van der Waals surface area (Å²) in [5.41, 5.74) is -0.824. The van der Waals surface area contributed by atoms with E-state index >= 15 is 0 Å². The van der Waals surface area contributed by atoms with Crippen LogP contribution in [0.5, 0.6) is 5.75 Å². The Bertz CT molecular complexity index is 634. The van der Waals surface area contributed by atoms with Gasteiger partial charge in [0.15, 0.2) is 5.69 Å². The number of piperidine rings is 1. The molecule has 7 heteroatoms. The van der Waals surface area contributed by atoms with Crippen LogP contribution in [0.4, 0.5) is 0 Å². The Morgan fingerprint density at radius 3 is 2.64 bits per heavy atom. The molecule has 2 aliphatic rings. The molecule has 1 saturated heterocycles. The SMILES string of the molecule is COC(=O)c1nc2n(c(=O)c1O)CCCC2N1CCCCC1. The van der Waals surface area contributed by atoms with Gasteiger partial charge in [-0.1, -0.05) is 6.42 Å². The molecule has 1 N–H and O–H groups in total. The predicted molar refractivity (Wildman–Crippen MR) is 78.9 cm³/mol. The number of methoxy groups -OCH3 is 1. The van der Waals surface area contributed by atoms with Crippen LogP contribution < -0.4 is 5.56 Å². The van der Waals surface area contributed by atoms with Gasteiger partial charge in [-0.25, -0.2) is 9.78 Å². The lowest BCUT2D eigenvalue weighted by Crippen LogP contribution is -2.41. The molecule has 1 aromatic heterocycles. The van der Waals surface area contributed by atoms with Crippen LogP contribution in [0.25, 0.3) is 0 Å². The lowest BCUT2D eigenvalue weighted by molar-refractivity contribution is 0.0586. The third kappa shape index (κ3) is 2.49. The first-order valence-electron chi connectivity index (χ1n) is 7.79. The molecule has 0 aromatic carbocycles. The minimum Gasteiger partial charge on any atom is -0.501 e. The van der Waals surface area contributed by atoms with E-state index in [4.69, 9.17) is 0 Å². The van der Waals surface area contributed by atoms with Gasteiger partial charge < -0.3 is 9.84 Å².